The number of halogens is 1. The first kappa shape index (κ1) is 20.9. The Morgan fingerprint density at radius 3 is 2.37 bits per heavy atom. The Labute approximate surface area is 171 Å². The third-order valence-electron chi connectivity index (χ3n) is 4.06. The summed E-state index contributed by atoms with van der Waals surface area (Å²) in [5.41, 5.74) is -0.232. The number of benzene rings is 3. The Hall–Kier alpha value is -3.79. The van der Waals surface area contributed by atoms with E-state index in [0.29, 0.717) is 0 Å². The van der Waals surface area contributed by atoms with E-state index in [1.165, 1.54) is 60.7 Å². The third-order valence-corrected chi connectivity index (χ3v) is 5.84. The van der Waals surface area contributed by atoms with Crippen LogP contribution in [0.1, 0.15) is 0 Å². The smallest absolute Gasteiger partial charge is 0.271 e. The molecule has 0 atom stereocenters. The number of carbonyl (C=O) groups excluding carboxylic acids is 1. The molecule has 3 aromatic rings. The number of nitrogens with one attached hydrogen (secondary N) is 1. The second-order valence-corrected chi connectivity index (χ2v) is 8.02. The molecule has 0 aliphatic rings. The van der Waals surface area contributed by atoms with Gasteiger partial charge in [0, 0.05) is 17.8 Å². The first-order valence-corrected chi connectivity index (χ1v) is 10.1. The van der Waals surface area contributed by atoms with Crippen molar-refractivity contribution in [3.63, 3.8) is 0 Å². The second-order valence-electron chi connectivity index (χ2n) is 6.16. The van der Waals surface area contributed by atoms with Gasteiger partial charge >= 0.3 is 0 Å². The Balaban J connectivity index is 1.98. The minimum Gasteiger partial charge on any atom is -0.324 e. The van der Waals surface area contributed by atoms with Crippen molar-refractivity contribution in [3.05, 3.63) is 94.8 Å². The molecule has 0 heterocycles. The predicted octanol–water partition coefficient (Wildman–Crippen LogP) is 3.57. The molecule has 10 heteroatoms. The minimum absolute atomic E-state index is 0.0533. The van der Waals surface area contributed by atoms with Gasteiger partial charge in [-0.05, 0) is 36.4 Å². The van der Waals surface area contributed by atoms with Gasteiger partial charge in [-0.2, -0.15) is 0 Å². The molecular weight excluding hydrogens is 413 g/mol. The molecular formula is C20H16FN3O5S. The molecule has 0 saturated carbocycles. The number of nitrogens with zero attached hydrogens (tertiary/aromatic N) is 2. The summed E-state index contributed by atoms with van der Waals surface area (Å²) < 4.78 is 40.5. The van der Waals surface area contributed by atoms with Gasteiger partial charge in [-0.3, -0.25) is 19.2 Å². The number of nitro benzene ring substituents is 1. The van der Waals surface area contributed by atoms with Gasteiger partial charge in [0.2, 0.25) is 5.91 Å². The number of rotatable bonds is 7. The van der Waals surface area contributed by atoms with E-state index in [-0.39, 0.29) is 22.0 Å². The summed E-state index contributed by atoms with van der Waals surface area (Å²) in [6, 6.07) is 17.5. The fourth-order valence-electron chi connectivity index (χ4n) is 2.69. The van der Waals surface area contributed by atoms with Crippen molar-refractivity contribution in [1.29, 1.82) is 0 Å². The number of anilines is 2. The number of sulfonamides is 1. The highest BCUT2D eigenvalue weighted by atomic mass is 32.2. The predicted molar refractivity (Wildman–Crippen MR) is 109 cm³/mol. The highest BCUT2D eigenvalue weighted by Gasteiger charge is 2.28. The quantitative estimate of drug-likeness (QED) is 0.456. The normalized spacial score (nSPS) is 11.0. The van der Waals surface area contributed by atoms with Crippen molar-refractivity contribution >= 4 is 33.0 Å². The molecule has 0 unspecified atom stereocenters. The highest BCUT2D eigenvalue weighted by molar-refractivity contribution is 7.92. The number of hydrogen-bond donors (Lipinski definition) is 1. The summed E-state index contributed by atoms with van der Waals surface area (Å²) in [4.78, 5) is 22.9. The molecule has 0 aromatic heterocycles. The molecule has 1 N–H and O–H groups in total. The monoisotopic (exact) mass is 429 g/mol. The molecule has 0 aliphatic carbocycles. The van der Waals surface area contributed by atoms with Crippen LogP contribution in [-0.2, 0) is 14.8 Å². The van der Waals surface area contributed by atoms with Crippen LogP contribution in [0.15, 0.2) is 83.8 Å². The Morgan fingerprint density at radius 2 is 1.70 bits per heavy atom. The topological polar surface area (TPSA) is 110 Å². The van der Waals surface area contributed by atoms with Crippen LogP contribution in [0.3, 0.4) is 0 Å². The van der Waals surface area contributed by atoms with Crippen LogP contribution in [0.4, 0.5) is 21.5 Å². The van der Waals surface area contributed by atoms with Gasteiger partial charge in [-0.25, -0.2) is 12.8 Å². The van der Waals surface area contributed by atoms with Gasteiger partial charge in [-0.1, -0.05) is 30.3 Å². The second kappa shape index (κ2) is 8.70. The van der Waals surface area contributed by atoms with Crippen molar-refractivity contribution in [2.75, 3.05) is 16.2 Å². The molecule has 3 rings (SSSR count). The Kier molecular flexibility index (Phi) is 6.07. The van der Waals surface area contributed by atoms with Crippen LogP contribution in [0.25, 0.3) is 0 Å². The van der Waals surface area contributed by atoms with Crippen molar-refractivity contribution < 1.29 is 22.5 Å². The van der Waals surface area contributed by atoms with Crippen LogP contribution in [0.2, 0.25) is 0 Å². The van der Waals surface area contributed by atoms with Crippen molar-refractivity contribution in [3.8, 4) is 0 Å². The summed E-state index contributed by atoms with van der Waals surface area (Å²) in [5, 5.41) is 13.5. The molecule has 0 spiro atoms. The summed E-state index contributed by atoms with van der Waals surface area (Å²) in [6.07, 6.45) is 0. The van der Waals surface area contributed by atoms with Gasteiger partial charge in [0.05, 0.1) is 15.5 Å². The molecule has 0 radical (unpaired) electrons. The average Bonchev–Trinajstić information content (AvgIpc) is 2.72. The fourth-order valence-corrected chi connectivity index (χ4v) is 4.13. The van der Waals surface area contributed by atoms with E-state index in [1.54, 1.807) is 6.07 Å². The maximum atomic E-state index is 13.4. The first-order valence-electron chi connectivity index (χ1n) is 8.65. The SMILES string of the molecule is O=C(CN(c1cccc([N+](=O)[O-])c1)S(=O)(=O)c1ccccc1)Nc1cccc(F)c1. The molecule has 1 amide bonds. The Bertz CT molecular complexity index is 1190. The number of nitro groups is 1. The lowest BCUT2D eigenvalue weighted by Gasteiger charge is -2.24. The zero-order valence-electron chi connectivity index (χ0n) is 15.4. The summed E-state index contributed by atoms with van der Waals surface area (Å²) >= 11 is 0. The standard InChI is InChI=1S/C20H16FN3O5S/c21-15-6-4-7-16(12-15)22-20(25)14-23(17-8-5-9-18(13-17)24(26)27)30(28,29)19-10-2-1-3-11-19/h1-13H,14H2,(H,22,25). The van der Waals surface area contributed by atoms with Gasteiger partial charge in [-0.15, -0.1) is 0 Å². The fraction of sp³-hybridized carbons (Fsp3) is 0.0500. The number of non-ortho nitro benzene ring substituents is 1. The number of amides is 1. The zero-order chi connectivity index (χ0) is 21.7. The molecule has 30 heavy (non-hydrogen) atoms. The molecule has 0 aliphatic heterocycles. The summed E-state index contributed by atoms with van der Waals surface area (Å²) in [7, 11) is -4.22. The lowest BCUT2D eigenvalue weighted by molar-refractivity contribution is -0.384. The zero-order valence-corrected chi connectivity index (χ0v) is 16.3. The molecule has 154 valence electrons. The van der Waals surface area contributed by atoms with Crippen LogP contribution in [-0.4, -0.2) is 25.8 Å². The number of carbonyl (C=O) groups is 1. The summed E-state index contributed by atoms with van der Waals surface area (Å²) in [5.74, 6) is -1.31. The summed E-state index contributed by atoms with van der Waals surface area (Å²) in [6.45, 7) is -0.672. The van der Waals surface area contributed by atoms with Crippen LogP contribution in [0, 0.1) is 15.9 Å². The van der Waals surface area contributed by atoms with Gasteiger partial charge in [0.25, 0.3) is 15.7 Å². The molecule has 3 aromatic carbocycles. The van der Waals surface area contributed by atoms with Crippen molar-refractivity contribution in [2.45, 2.75) is 4.90 Å². The van der Waals surface area contributed by atoms with E-state index in [2.05, 4.69) is 5.32 Å². The van der Waals surface area contributed by atoms with E-state index in [1.807, 2.05) is 0 Å². The van der Waals surface area contributed by atoms with E-state index >= 15 is 0 Å². The minimum atomic E-state index is -4.22. The highest BCUT2D eigenvalue weighted by Crippen LogP contribution is 2.27. The molecule has 0 saturated heterocycles. The van der Waals surface area contributed by atoms with Crippen molar-refractivity contribution in [1.82, 2.24) is 0 Å². The maximum absolute atomic E-state index is 13.4. The largest absolute Gasteiger partial charge is 0.324 e. The van der Waals surface area contributed by atoms with E-state index < -0.39 is 33.2 Å². The molecule has 0 bridgehead atoms. The third kappa shape index (κ3) is 4.78. The van der Waals surface area contributed by atoms with Crippen LogP contribution >= 0.6 is 0 Å². The molecule has 8 nitrogen and oxygen atoms in total. The lowest BCUT2D eigenvalue weighted by atomic mass is 10.3. The first-order chi connectivity index (χ1) is 14.3. The van der Waals surface area contributed by atoms with E-state index in [4.69, 9.17) is 0 Å². The maximum Gasteiger partial charge on any atom is 0.271 e. The van der Waals surface area contributed by atoms with E-state index in [9.17, 15) is 27.7 Å². The Morgan fingerprint density at radius 1 is 1.00 bits per heavy atom. The average molecular weight is 429 g/mol. The number of hydrogen-bond acceptors (Lipinski definition) is 5. The van der Waals surface area contributed by atoms with Crippen LogP contribution < -0.4 is 9.62 Å². The van der Waals surface area contributed by atoms with Gasteiger partial charge in [0.15, 0.2) is 0 Å². The van der Waals surface area contributed by atoms with Crippen molar-refractivity contribution in [2.24, 2.45) is 0 Å². The van der Waals surface area contributed by atoms with Gasteiger partial charge < -0.3 is 5.32 Å². The van der Waals surface area contributed by atoms with Gasteiger partial charge in [0.1, 0.15) is 12.4 Å². The van der Waals surface area contributed by atoms with Crippen LogP contribution in [0.5, 0.6) is 0 Å². The van der Waals surface area contributed by atoms with E-state index in [0.717, 1.165) is 16.4 Å². The molecule has 0 fully saturated rings. The lowest BCUT2D eigenvalue weighted by Crippen LogP contribution is -2.38.